The van der Waals surface area contributed by atoms with Gasteiger partial charge in [0.1, 0.15) is 12.4 Å². The summed E-state index contributed by atoms with van der Waals surface area (Å²) in [7, 11) is 1.93. The number of nitrogens with zero attached hydrogens (tertiary/aromatic N) is 3. The van der Waals surface area contributed by atoms with Crippen LogP contribution < -0.4 is 10.6 Å². The molecular weight excluding hydrogens is 515 g/mol. The van der Waals surface area contributed by atoms with E-state index in [1.54, 1.807) is 0 Å². The number of amides is 1. The van der Waals surface area contributed by atoms with E-state index in [-0.39, 0.29) is 36.4 Å². The van der Waals surface area contributed by atoms with E-state index in [1.165, 1.54) is 5.56 Å². The summed E-state index contributed by atoms with van der Waals surface area (Å²) in [4.78, 5) is 26.5. The third kappa shape index (κ3) is 7.99. The van der Waals surface area contributed by atoms with Gasteiger partial charge in [-0.2, -0.15) is 0 Å². The predicted molar refractivity (Wildman–Crippen MR) is 140 cm³/mol. The molecule has 0 bridgehead atoms. The molecule has 170 valence electrons. The number of benzene rings is 2. The first-order chi connectivity index (χ1) is 15.2. The minimum absolute atomic E-state index is 0. The van der Waals surface area contributed by atoms with Gasteiger partial charge in [0.25, 0.3) is 0 Å². The third-order valence-electron chi connectivity index (χ3n) is 4.75. The van der Waals surface area contributed by atoms with E-state index in [1.807, 2.05) is 73.6 Å². The lowest BCUT2D eigenvalue weighted by atomic mass is 10.1. The number of carbonyl (C=O) groups excluding carboxylic acids is 1. The topological polar surface area (TPSA) is 85.4 Å². The third-order valence-corrected chi connectivity index (χ3v) is 4.75. The highest BCUT2D eigenvalue weighted by molar-refractivity contribution is 14.0. The zero-order valence-electron chi connectivity index (χ0n) is 18.5. The monoisotopic (exact) mass is 546 g/mol. The maximum absolute atomic E-state index is 12.2. The number of imidazole rings is 1. The first-order valence-corrected chi connectivity index (χ1v) is 10.5. The molecule has 0 atom stereocenters. The van der Waals surface area contributed by atoms with Crippen LogP contribution in [0.4, 0.5) is 0 Å². The van der Waals surface area contributed by atoms with Crippen molar-refractivity contribution in [2.45, 2.75) is 19.9 Å². The summed E-state index contributed by atoms with van der Waals surface area (Å²) < 4.78 is 0. The van der Waals surface area contributed by atoms with Crippen molar-refractivity contribution in [3.05, 3.63) is 78.2 Å². The smallest absolute Gasteiger partial charge is 0.241 e. The summed E-state index contributed by atoms with van der Waals surface area (Å²) in [5.74, 6) is 1.40. The number of carbonyl (C=O) groups is 1. The Balaban J connectivity index is 0.00000363. The maximum Gasteiger partial charge on any atom is 0.241 e. The molecule has 1 amide bonds. The van der Waals surface area contributed by atoms with Crippen LogP contribution in [0.25, 0.3) is 11.3 Å². The molecule has 0 aliphatic heterocycles. The minimum atomic E-state index is -0.0934. The number of H-pyrrole nitrogens is 1. The fourth-order valence-corrected chi connectivity index (χ4v) is 3.17. The molecule has 3 N–H and O–H groups in total. The zero-order chi connectivity index (χ0) is 21.9. The van der Waals surface area contributed by atoms with E-state index in [0.29, 0.717) is 25.6 Å². The van der Waals surface area contributed by atoms with E-state index < -0.39 is 0 Å². The number of aromatic amines is 1. The van der Waals surface area contributed by atoms with Crippen LogP contribution in [0.15, 0.2) is 71.9 Å². The Morgan fingerprint density at radius 3 is 2.44 bits per heavy atom. The fourth-order valence-electron chi connectivity index (χ4n) is 3.17. The molecule has 1 aromatic heterocycles. The number of rotatable bonds is 9. The first kappa shape index (κ1) is 25.4. The van der Waals surface area contributed by atoms with Crippen molar-refractivity contribution in [3.8, 4) is 11.3 Å². The van der Waals surface area contributed by atoms with E-state index in [9.17, 15) is 4.79 Å². The molecule has 3 rings (SSSR count). The second-order valence-electron chi connectivity index (χ2n) is 7.22. The molecule has 0 saturated carbocycles. The van der Waals surface area contributed by atoms with Crippen LogP contribution in [0.5, 0.6) is 0 Å². The number of aromatic nitrogens is 2. The van der Waals surface area contributed by atoms with Crippen LogP contribution >= 0.6 is 24.0 Å². The van der Waals surface area contributed by atoms with Crippen LogP contribution in [0.1, 0.15) is 18.3 Å². The predicted octanol–water partition coefficient (Wildman–Crippen LogP) is 3.45. The highest BCUT2D eigenvalue weighted by Crippen LogP contribution is 2.16. The van der Waals surface area contributed by atoms with Crippen molar-refractivity contribution in [2.24, 2.45) is 4.99 Å². The fraction of sp³-hybridized carbons (Fsp3) is 0.292. The number of aliphatic imine (C=N–C) groups is 1. The Morgan fingerprint density at radius 2 is 1.75 bits per heavy atom. The Kier molecular flexibility index (Phi) is 10.7. The van der Waals surface area contributed by atoms with Crippen LogP contribution in [-0.2, 0) is 17.8 Å². The average molecular weight is 546 g/mol. The average Bonchev–Trinajstić information content (AvgIpc) is 3.26. The quantitative estimate of drug-likeness (QED) is 0.218. The molecular formula is C24H31IN6O. The summed E-state index contributed by atoms with van der Waals surface area (Å²) in [6.07, 6.45) is 2.64. The van der Waals surface area contributed by atoms with Gasteiger partial charge in [0.2, 0.25) is 5.91 Å². The lowest BCUT2D eigenvalue weighted by molar-refractivity contribution is -0.119. The van der Waals surface area contributed by atoms with E-state index in [2.05, 4.69) is 37.7 Å². The first-order valence-electron chi connectivity index (χ1n) is 10.5. The molecule has 0 unspecified atom stereocenters. The molecule has 0 spiro atoms. The number of guanidine groups is 1. The molecule has 8 heteroatoms. The maximum atomic E-state index is 12.2. The van der Waals surface area contributed by atoms with Gasteiger partial charge in [-0.15, -0.1) is 24.0 Å². The van der Waals surface area contributed by atoms with Gasteiger partial charge in [0.15, 0.2) is 5.96 Å². The minimum Gasteiger partial charge on any atom is -0.357 e. The Labute approximate surface area is 206 Å². The molecule has 0 saturated heterocycles. The molecule has 0 aliphatic carbocycles. The molecule has 1 heterocycles. The lowest BCUT2D eigenvalue weighted by Gasteiger charge is -2.21. The number of nitrogens with one attached hydrogen (secondary N) is 3. The van der Waals surface area contributed by atoms with E-state index >= 15 is 0 Å². The summed E-state index contributed by atoms with van der Waals surface area (Å²) in [5, 5.41) is 6.16. The van der Waals surface area contributed by atoms with Crippen LogP contribution in [0.2, 0.25) is 0 Å². The van der Waals surface area contributed by atoms with Crippen LogP contribution in [0.3, 0.4) is 0 Å². The van der Waals surface area contributed by atoms with Crippen molar-refractivity contribution in [1.82, 2.24) is 25.5 Å². The van der Waals surface area contributed by atoms with Gasteiger partial charge in [0, 0.05) is 20.1 Å². The summed E-state index contributed by atoms with van der Waals surface area (Å²) in [6, 6.07) is 20.2. The summed E-state index contributed by atoms with van der Waals surface area (Å²) >= 11 is 0. The summed E-state index contributed by atoms with van der Waals surface area (Å²) in [6.45, 7) is 3.94. The largest absolute Gasteiger partial charge is 0.357 e. The Bertz CT molecular complexity index is 974. The van der Waals surface area contributed by atoms with Gasteiger partial charge in [-0.1, -0.05) is 60.7 Å². The van der Waals surface area contributed by atoms with E-state index in [0.717, 1.165) is 23.5 Å². The van der Waals surface area contributed by atoms with Gasteiger partial charge in [0.05, 0.1) is 18.4 Å². The van der Waals surface area contributed by atoms with Crippen molar-refractivity contribution >= 4 is 35.8 Å². The molecule has 7 nitrogen and oxygen atoms in total. The van der Waals surface area contributed by atoms with Gasteiger partial charge in [-0.05, 0) is 24.5 Å². The SMILES string of the molecule is CCNC(=NCC(=O)NCCc1ccccc1)N(C)Cc1ncc(-c2ccccc2)[nH]1.I. The molecule has 3 aromatic rings. The number of halogens is 1. The highest BCUT2D eigenvalue weighted by atomic mass is 127. The standard InChI is InChI=1S/C24H30N6O.HI/c1-3-25-24(28-17-23(31)26-15-14-19-10-6-4-7-11-19)30(2)18-22-27-16-21(29-22)20-12-8-5-9-13-20;/h4-13,16H,3,14-15,17-18H2,1-2H3,(H,25,28)(H,26,31)(H,27,29);1H. The molecule has 32 heavy (non-hydrogen) atoms. The van der Waals surface area contributed by atoms with Gasteiger partial charge >= 0.3 is 0 Å². The molecule has 0 fully saturated rings. The zero-order valence-corrected chi connectivity index (χ0v) is 20.9. The van der Waals surface area contributed by atoms with Gasteiger partial charge in [-0.25, -0.2) is 9.98 Å². The van der Waals surface area contributed by atoms with Crippen LogP contribution in [0, 0.1) is 0 Å². The normalized spacial score (nSPS) is 10.9. The van der Waals surface area contributed by atoms with Gasteiger partial charge in [-0.3, -0.25) is 4.79 Å². The highest BCUT2D eigenvalue weighted by Gasteiger charge is 2.11. The van der Waals surface area contributed by atoms with Crippen molar-refractivity contribution in [1.29, 1.82) is 0 Å². The second kappa shape index (κ2) is 13.5. The number of hydrogen-bond donors (Lipinski definition) is 3. The summed E-state index contributed by atoms with van der Waals surface area (Å²) in [5.41, 5.74) is 3.27. The molecule has 2 aromatic carbocycles. The lowest BCUT2D eigenvalue weighted by Crippen LogP contribution is -2.39. The van der Waals surface area contributed by atoms with Gasteiger partial charge < -0.3 is 20.5 Å². The van der Waals surface area contributed by atoms with Crippen molar-refractivity contribution in [3.63, 3.8) is 0 Å². The van der Waals surface area contributed by atoms with E-state index in [4.69, 9.17) is 0 Å². The van der Waals surface area contributed by atoms with Crippen molar-refractivity contribution in [2.75, 3.05) is 26.7 Å². The molecule has 0 radical (unpaired) electrons. The number of hydrogen-bond acceptors (Lipinski definition) is 3. The van der Waals surface area contributed by atoms with Crippen LogP contribution in [-0.4, -0.2) is 53.4 Å². The Hall–Kier alpha value is -2.88. The Morgan fingerprint density at radius 1 is 1.06 bits per heavy atom. The molecule has 0 aliphatic rings. The van der Waals surface area contributed by atoms with Crippen molar-refractivity contribution < 1.29 is 4.79 Å². The second-order valence-corrected chi connectivity index (χ2v) is 7.22.